The van der Waals surface area contributed by atoms with Crippen molar-refractivity contribution in [2.75, 3.05) is 0 Å². The van der Waals surface area contributed by atoms with E-state index in [0.29, 0.717) is 40.2 Å². The molecule has 0 saturated heterocycles. The number of aromatic nitrogens is 7. The molecule has 0 N–H and O–H groups in total. The molecule has 0 atom stereocenters. The molecule has 1 aliphatic heterocycles. The molecule has 1 aliphatic carbocycles. The van der Waals surface area contributed by atoms with Crippen LogP contribution in [0.4, 0.5) is 0 Å². The van der Waals surface area contributed by atoms with E-state index >= 15 is 0 Å². The van der Waals surface area contributed by atoms with E-state index in [1.807, 2.05) is 20.8 Å². The topological polar surface area (TPSA) is 147 Å². The molecule has 3 aromatic carbocycles. The zero-order valence-electron chi connectivity index (χ0n) is 57.0. The first kappa shape index (κ1) is 71.8. The van der Waals surface area contributed by atoms with Gasteiger partial charge in [0, 0.05) is 86.1 Å². The van der Waals surface area contributed by atoms with E-state index in [0.717, 1.165) is 60.4 Å². The summed E-state index contributed by atoms with van der Waals surface area (Å²) in [6.07, 6.45) is 15.5. The summed E-state index contributed by atoms with van der Waals surface area (Å²) in [5.74, 6) is 0.378. The average Bonchev–Trinajstić information content (AvgIpc) is 2.06. The molecule has 0 radical (unpaired) electrons. The fraction of sp³-hybridized carbons (Fsp3) is 0.466. The van der Waals surface area contributed by atoms with Gasteiger partial charge in [0.25, 0.3) is 5.54 Å². The number of hydrogen-bond acceptors (Lipinski definition) is 8. The first-order chi connectivity index (χ1) is 41.0. The molecule has 0 unspecified atom stereocenters. The van der Waals surface area contributed by atoms with Crippen LogP contribution >= 0.6 is 0 Å². The Morgan fingerprint density at radius 3 is 1.14 bits per heavy atom. The minimum Gasteiger partial charge on any atom is -0.618 e. The second kappa shape index (κ2) is 31.0. The van der Waals surface area contributed by atoms with Gasteiger partial charge in [-0.25, -0.2) is 15.3 Å². The van der Waals surface area contributed by atoms with Crippen LogP contribution < -0.4 is 0 Å². The van der Waals surface area contributed by atoms with Gasteiger partial charge < -0.3 is 19.0 Å². The molecule has 0 spiro atoms. The third-order valence-electron chi connectivity index (χ3n) is 17.4. The molecule has 466 valence electrons. The van der Waals surface area contributed by atoms with Crippen LogP contribution in [0.2, 0.25) is 0 Å². The molecule has 7 aromatic rings. The smallest absolute Gasteiger partial charge is 0.506 e. The van der Waals surface area contributed by atoms with Crippen molar-refractivity contribution < 1.29 is 38.6 Å². The van der Waals surface area contributed by atoms with Crippen LogP contribution in [-0.4, -0.2) is 79.2 Å². The average molecular weight is 1240 g/mol. The van der Waals surface area contributed by atoms with Crippen molar-refractivity contribution in [3.05, 3.63) is 182 Å². The zero-order chi connectivity index (χ0) is 64.3. The molecule has 0 fully saturated rings. The number of hydroxylamine groups is 1. The number of rotatable bonds is 17. The van der Waals surface area contributed by atoms with Gasteiger partial charge in [0.1, 0.15) is 10.3 Å². The van der Waals surface area contributed by atoms with Gasteiger partial charge in [-0.1, -0.05) is 214 Å². The molecule has 88 heavy (non-hydrogen) atoms. The number of nitroso groups, excluding NO2 is 1. The van der Waals surface area contributed by atoms with Crippen LogP contribution in [0.15, 0.2) is 127 Å². The maximum absolute atomic E-state index is 12.8. The monoisotopic (exact) mass is 1240 g/mol. The van der Waals surface area contributed by atoms with Crippen LogP contribution in [-0.2, 0) is 29.1 Å². The van der Waals surface area contributed by atoms with E-state index in [4.69, 9.17) is 15.3 Å². The number of allylic oxidation sites excluding steroid dienone is 4. The molecule has 13 nitrogen and oxygen atoms in total. The Morgan fingerprint density at radius 2 is 0.864 bits per heavy atom. The molecule has 0 amide bonds. The Kier molecular flexibility index (Phi) is 25.3. The van der Waals surface area contributed by atoms with Crippen molar-refractivity contribution in [2.45, 2.75) is 219 Å². The Morgan fingerprint density at radius 1 is 0.523 bits per heavy atom. The minimum absolute atomic E-state index is 0. The van der Waals surface area contributed by atoms with Gasteiger partial charge >= 0.3 is 13.0 Å². The molecule has 15 heteroatoms. The fourth-order valence-corrected chi connectivity index (χ4v) is 10.7. The quantitative estimate of drug-likeness (QED) is 0.0219. The number of unbranched alkanes of at least 4 members (excludes halogenated alkanes) is 6. The third-order valence-corrected chi connectivity index (χ3v) is 17.4. The summed E-state index contributed by atoms with van der Waals surface area (Å²) in [7, 11) is -1.61. The maximum Gasteiger partial charge on any atom is 0.506 e. The van der Waals surface area contributed by atoms with Crippen LogP contribution in [0.5, 0.6) is 0 Å². The maximum atomic E-state index is 12.8. The number of ketones is 2. The van der Waals surface area contributed by atoms with Gasteiger partial charge in [-0.05, 0) is 120 Å². The van der Waals surface area contributed by atoms with Crippen molar-refractivity contribution in [1.82, 2.24) is 34.1 Å². The van der Waals surface area contributed by atoms with Crippen molar-refractivity contribution in [2.24, 2.45) is 5.41 Å². The third kappa shape index (κ3) is 16.6. The molecule has 0 bridgehead atoms. The van der Waals surface area contributed by atoms with E-state index in [9.17, 15) is 19.7 Å². The summed E-state index contributed by atoms with van der Waals surface area (Å²) in [5.41, 5.74) is 12.9. The normalized spacial score (nSPS) is 14.5. The summed E-state index contributed by atoms with van der Waals surface area (Å²) in [6.45, 7) is 41.2. The Hall–Kier alpha value is -6.98. The van der Waals surface area contributed by atoms with Crippen LogP contribution in [0, 0.1) is 36.3 Å². The largest absolute Gasteiger partial charge is 0.618 e. The molecule has 4 aromatic heterocycles. The summed E-state index contributed by atoms with van der Waals surface area (Å²) >= 11 is 0. The Balaban J connectivity index is 0.000000285. The predicted molar refractivity (Wildman–Crippen MR) is 362 cm³/mol. The Bertz CT molecular complexity index is 3330. The summed E-state index contributed by atoms with van der Waals surface area (Å²) < 4.78 is 7.89. The first-order valence-corrected chi connectivity index (χ1v) is 32.0. The van der Waals surface area contributed by atoms with E-state index in [1.165, 1.54) is 80.3 Å². The zero-order valence-corrected chi connectivity index (χ0v) is 60.0. The molecule has 0 saturated carbocycles. The molecule has 5 heterocycles. The van der Waals surface area contributed by atoms with E-state index in [1.54, 1.807) is 45.9 Å². The van der Waals surface area contributed by atoms with E-state index in [-0.39, 0.29) is 25.3 Å². The van der Waals surface area contributed by atoms with Gasteiger partial charge in [-0.15, -0.1) is 4.74 Å². The van der Waals surface area contributed by atoms with Crippen molar-refractivity contribution >= 4 is 30.1 Å². The van der Waals surface area contributed by atoms with E-state index < -0.39 is 35.2 Å². The second-order valence-corrected chi connectivity index (χ2v) is 26.7. The van der Waals surface area contributed by atoms with Crippen molar-refractivity contribution in [3.8, 4) is 33.8 Å². The number of amidine groups is 1. The minimum atomic E-state index is -1.61. The van der Waals surface area contributed by atoms with Crippen molar-refractivity contribution in [1.29, 1.82) is 0 Å². The SMILES string of the molecule is CC(C)(C)C1=CC(c2ccc(C3=[N+]([O-])C(C)(C)C(C)(C)[N+]3=O)cn2)=CC(=O)C1=O.CCCCCC.CCCCCC.Cc1cc(-c2ccc(C(C)C)cc2)nn1[BH-](n1nc(-c2ccc(C(C)C)cc2)cc1C)n1nc(-c2ccc(C(C)C)cc2)cc1C.[Zn]. The summed E-state index contributed by atoms with van der Waals surface area (Å²) in [4.78, 5) is 41.5. The summed E-state index contributed by atoms with van der Waals surface area (Å²) in [5, 5.41) is 28.5. The second-order valence-electron chi connectivity index (χ2n) is 26.7. The molecular formula is C73H100BN9O4Zn. The van der Waals surface area contributed by atoms with Crippen LogP contribution in [0.25, 0.3) is 39.3 Å². The van der Waals surface area contributed by atoms with Crippen molar-refractivity contribution in [3.63, 3.8) is 0 Å². The number of aryl methyl sites for hydroxylation is 3. The Labute approximate surface area is 539 Å². The fourth-order valence-electron chi connectivity index (χ4n) is 10.7. The first-order valence-electron chi connectivity index (χ1n) is 32.0. The number of Topliss-reactive ketones (excluding diaryl/α,β-unsaturated/α-hetero) is 1. The number of carbonyl (C=O) groups is 2. The van der Waals surface area contributed by atoms with Gasteiger partial charge in [-0.2, -0.15) is 0 Å². The number of hydrogen-bond donors (Lipinski definition) is 0. The van der Waals surface area contributed by atoms with Crippen LogP contribution in [0.1, 0.15) is 232 Å². The molecule has 2 aliphatic rings. The van der Waals surface area contributed by atoms with Gasteiger partial charge in [-0.3, -0.25) is 14.6 Å². The number of pyridine rings is 1. The van der Waals surface area contributed by atoms with E-state index in [2.05, 4.69) is 200 Å². The molecular weight excluding hydrogens is 1140 g/mol. The standard InChI is InChI=1S/C39H46BN6.C22H26N3O4.2C6H14.Zn/c1-25(2)31-10-16-34(17-11-31)37-22-28(7)44(41-37)40(45-29(8)23-38(42-45)35-18-12-32(13-19-35)26(3)4)46-30(9)24-39(43-46)36-20-14-33(15-21-36)27(5)6;1-20(2,3)15-10-14(11-17(26)18(15)27)16-9-8-13(12-23-16)19-24(28)21(4,5)22(6,7)25(19)29;2*1-3-5-6-4-2;/h10-27,40H,1-9H3;8-12H,1-7H3;2*3-6H2,1-2H3;/q-1;+1;;;. The summed E-state index contributed by atoms with van der Waals surface area (Å²) in [6, 6.07) is 36.2. The predicted octanol–water partition coefficient (Wildman–Crippen LogP) is 17.6. The van der Waals surface area contributed by atoms with Gasteiger partial charge in [0.2, 0.25) is 17.1 Å². The number of nitrogens with zero attached hydrogens (tertiary/aromatic N) is 9. The number of benzene rings is 3. The van der Waals surface area contributed by atoms with Gasteiger partial charge in [0.15, 0.2) is 0 Å². The molecule has 9 rings (SSSR count). The number of carbonyl (C=O) groups excluding carboxylic acids is 2. The van der Waals surface area contributed by atoms with Gasteiger partial charge in [0.05, 0.1) is 22.8 Å². The van der Waals surface area contributed by atoms with Crippen LogP contribution in [0.3, 0.4) is 0 Å².